The number of hydrogen-bond donors (Lipinski definition) is 2. The maximum absolute atomic E-state index is 12.2. The van der Waals surface area contributed by atoms with Gasteiger partial charge in [-0.3, -0.25) is 4.79 Å². The van der Waals surface area contributed by atoms with Gasteiger partial charge in [0.2, 0.25) is 0 Å². The van der Waals surface area contributed by atoms with Crippen molar-refractivity contribution in [3.63, 3.8) is 0 Å². The molecular weight excluding hydrogens is 458 g/mol. The van der Waals surface area contributed by atoms with Crippen LogP contribution in [-0.2, 0) is 4.79 Å². The Balaban J connectivity index is 1.75. The standard InChI is InChI=1S/C22H15BrClNO4/c23-18-13-16(24)8-11-20(18)29-17-9-6-14(7-10-17)12-19(22(27)28)25-21(26)15-4-2-1-3-5-15/h1-13H,(H,25,26)(H,27,28)/b19-12+. The smallest absolute Gasteiger partial charge is 0.352 e. The van der Waals surface area contributed by atoms with Crippen molar-refractivity contribution in [2.24, 2.45) is 0 Å². The van der Waals surface area contributed by atoms with Crippen LogP contribution in [0.3, 0.4) is 0 Å². The summed E-state index contributed by atoms with van der Waals surface area (Å²) >= 11 is 9.31. The molecule has 29 heavy (non-hydrogen) atoms. The number of amides is 1. The van der Waals surface area contributed by atoms with Crippen LogP contribution in [-0.4, -0.2) is 17.0 Å². The SMILES string of the molecule is O=C(O)/C(=C\c1ccc(Oc2ccc(Cl)cc2Br)cc1)NC(=O)c1ccccc1. The van der Waals surface area contributed by atoms with Crippen LogP contribution in [0.25, 0.3) is 6.08 Å². The van der Waals surface area contributed by atoms with Gasteiger partial charge in [0.25, 0.3) is 5.91 Å². The summed E-state index contributed by atoms with van der Waals surface area (Å²) in [6.07, 6.45) is 1.38. The number of carbonyl (C=O) groups excluding carboxylic acids is 1. The van der Waals surface area contributed by atoms with Gasteiger partial charge < -0.3 is 15.2 Å². The highest BCUT2D eigenvalue weighted by atomic mass is 79.9. The molecule has 0 bridgehead atoms. The largest absolute Gasteiger partial charge is 0.477 e. The van der Waals surface area contributed by atoms with Gasteiger partial charge in [-0.2, -0.15) is 0 Å². The predicted molar refractivity (Wildman–Crippen MR) is 115 cm³/mol. The highest BCUT2D eigenvalue weighted by Gasteiger charge is 2.13. The molecule has 2 N–H and O–H groups in total. The Morgan fingerprint density at radius 3 is 2.31 bits per heavy atom. The van der Waals surface area contributed by atoms with E-state index in [1.807, 2.05) is 0 Å². The van der Waals surface area contributed by atoms with Crippen LogP contribution in [0.2, 0.25) is 5.02 Å². The zero-order valence-electron chi connectivity index (χ0n) is 14.9. The number of carbonyl (C=O) groups is 2. The average molecular weight is 473 g/mol. The number of ether oxygens (including phenoxy) is 1. The van der Waals surface area contributed by atoms with E-state index < -0.39 is 11.9 Å². The minimum atomic E-state index is -1.24. The fraction of sp³-hybridized carbons (Fsp3) is 0. The number of benzene rings is 3. The molecule has 0 aliphatic heterocycles. The lowest BCUT2D eigenvalue weighted by Crippen LogP contribution is -2.27. The van der Waals surface area contributed by atoms with Crippen LogP contribution >= 0.6 is 27.5 Å². The van der Waals surface area contributed by atoms with E-state index in [9.17, 15) is 14.7 Å². The Morgan fingerprint density at radius 2 is 1.69 bits per heavy atom. The first-order valence-electron chi connectivity index (χ1n) is 8.47. The van der Waals surface area contributed by atoms with Crippen molar-refractivity contribution < 1.29 is 19.4 Å². The number of aliphatic carboxylic acids is 1. The van der Waals surface area contributed by atoms with Crippen LogP contribution in [0.4, 0.5) is 0 Å². The van der Waals surface area contributed by atoms with Crippen molar-refractivity contribution >= 4 is 45.5 Å². The molecule has 0 atom stereocenters. The molecule has 0 aliphatic carbocycles. The van der Waals surface area contributed by atoms with Gasteiger partial charge in [0.05, 0.1) is 4.47 Å². The van der Waals surface area contributed by atoms with E-state index in [4.69, 9.17) is 16.3 Å². The van der Waals surface area contributed by atoms with Crippen molar-refractivity contribution in [3.8, 4) is 11.5 Å². The summed E-state index contributed by atoms with van der Waals surface area (Å²) in [6.45, 7) is 0. The van der Waals surface area contributed by atoms with Gasteiger partial charge in [-0.1, -0.05) is 41.9 Å². The topological polar surface area (TPSA) is 75.6 Å². The zero-order valence-corrected chi connectivity index (χ0v) is 17.3. The second-order valence-electron chi connectivity index (χ2n) is 5.93. The summed E-state index contributed by atoms with van der Waals surface area (Å²) in [5.74, 6) is -0.569. The maximum atomic E-state index is 12.2. The molecule has 3 aromatic rings. The van der Waals surface area contributed by atoms with Crippen LogP contribution in [0.1, 0.15) is 15.9 Å². The van der Waals surface area contributed by atoms with Crippen LogP contribution in [0.5, 0.6) is 11.5 Å². The first-order valence-corrected chi connectivity index (χ1v) is 9.64. The minimum absolute atomic E-state index is 0.229. The molecule has 0 spiro atoms. The Bertz CT molecular complexity index is 1070. The minimum Gasteiger partial charge on any atom is -0.477 e. The van der Waals surface area contributed by atoms with Gasteiger partial charge in [0.1, 0.15) is 17.2 Å². The Kier molecular flexibility index (Phi) is 6.69. The number of rotatable bonds is 6. The molecule has 0 unspecified atom stereocenters. The first kappa shape index (κ1) is 20.6. The molecule has 5 nitrogen and oxygen atoms in total. The quantitative estimate of drug-likeness (QED) is 0.448. The lowest BCUT2D eigenvalue weighted by atomic mass is 10.1. The third kappa shape index (κ3) is 5.70. The molecule has 3 aromatic carbocycles. The van der Waals surface area contributed by atoms with E-state index >= 15 is 0 Å². The third-order valence-electron chi connectivity index (χ3n) is 3.83. The first-order chi connectivity index (χ1) is 13.9. The van der Waals surface area contributed by atoms with Crippen molar-refractivity contribution in [1.29, 1.82) is 0 Å². The fourth-order valence-electron chi connectivity index (χ4n) is 2.42. The lowest BCUT2D eigenvalue weighted by molar-refractivity contribution is -0.132. The van der Waals surface area contributed by atoms with Crippen molar-refractivity contribution in [3.05, 3.63) is 99.1 Å². The molecule has 0 fully saturated rings. The van der Waals surface area contributed by atoms with Crippen LogP contribution < -0.4 is 10.1 Å². The third-order valence-corrected chi connectivity index (χ3v) is 4.68. The van der Waals surface area contributed by atoms with E-state index in [-0.39, 0.29) is 5.70 Å². The molecule has 0 aliphatic rings. The second-order valence-corrected chi connectivity index (χ2v) is 7.22. The van der Waals surface area contributed by atoms with E-state index in [2.05, 4.69) is 21.2 Å². The number of nitrogens with one attached hydrogen (secondary N) is 1. The maximum Gasteiger partial charge on any atom is 0.352 e. The summed E-state index contributed by atoms with van der Waals surface area (Å²) in [5, 5.41) is 12.4. The number of halogens is 2. The molecule has 0 saturated carbocycles. The van der Waals surface area contributed by atoms with Gasteiger partial charge in [-0.15, -0.1) is 0 Å². The Hall–Kier alpha value is -3.09. The summed E-state index contributed by atoms with van der Waals surface area (Å²) in [7, 11) is 0. The molecule has 0 aromatic heterocycles. The van der Waals surface area contributed by atoms with Gasteiger partial charge in [-0.05, 0) is 70.0 Å². The average Bonchev–Trinajstić information content (AvgIpc) is 2.71. The molecule has 0 heterocycles. The van der Waals surface area contributed by atoms with Crippen LogP contribution in [0, 0.1) is 0 Å². The molecule has 3 rings (SSSR count). The number of hydrogen-bond acceptors (Lipinski definition) is 3. The van der Waals surface area contributed by atoms with E-state index in [1.165, 1.54) is 6.08 Å². The highest BCUT2D eigenvalue weighted by Crippen LogP contribution is 2.32. The van der Waals surface area contributed by atoms with Crippen molar-refractivity contribution in [2.45, 2.75) is 0 Å². The van der Waals surface area contributed by atoms with Crippen molar-refractivity contribution in [1.82, 2.24) is 5.32 Å². The zero-order chi connectivity index (χ0) is 20.8. The molecule has 7 heteroatoms. The highest BCUT2D eigenvalue weighted by molar-refractivity contribution is 9.10. The molecular formula is C22H15BrClNO4. The second kappa shape index (κ2) is 9.41. The monoisotopic (exact) mass is 471 g/mol. The molecule has 0 radical (unpaired) electrons. The van der Waals surface area contributed by atoms with Crippen LogP contribution in [0.15, 0.2) is 83.0 Å². The Morgan fingerprint density at radius 1 is 1.00 bits per heavy atom. The molecule has 0 saturated heterocycles. The molecule has 1 amide bonds. The number of carboxylic acid groups (broad SMARTS) is 1. The van der Waals surface area contributed by atoms with E-state index in [0.717, 1.165) is 0 Å². The summed E-state index contributed by atoms with van der Waals surface area (Å²) in [4.78, 5) is 23.7. The molecule has 146 valence electrons. The van der Waals surface area contributed by atoms with E-state index in [1.54, 1.807) is 72.8 Å². The van der Waals surface area contributed by atoms with Gasteiger partial charge in [0, 0.05) is 10.6 Å². The van der Waals surface area contributed by atoms with Crippen molar-refractivity contribution in [2.75, 3.05) is 0 Å². The normalized spacial score (nSPS) is 11.0. The summed E-state index contributed by atoms with van der Waals surface area (Å²) in [5.41, 5.74) is 0.739. The lowest BCUT2D eigenvalue weighted by Gasteiger charge is -2.09. The Labute approximate surface area is 180 Å². The number of carboxylic acids is 1. The van der Waals surface area contributed by atoms with E-state index in [0.29, 0.717) is 32.1 Å². The van der Waals surface area contributed by atoms with Gasteiger partial charge in [-0.25, -0.2) is 4.79 Å². The summed E-state index contributed by atoms with van der Waals surface area (Å²) in [6, 6.07) is 20.4. The van der Waals surface area contributed by atoms with Gasteiger partial charge in [0.15, 0.2) is 0 Å². The summed E-state index contributed by atoms with van der Waals surface area (Å²) < 4.78 is 6.50. The predicted octanol–water partition coefficient (Wildman–Crippen LogP) is 5.75. The van der Waals surface area contributed by atoms with Gasteiger partial charge >= 0.3 is 5.97 Å². The fourth-order valence-corrected chi connectivity index (χ4v) is 3.18.